The lowest BCUT2D eigenvalue weighted by molar-refractivity contribution is 1.39. The fourth-order valence-corrected chi connectivity index (χ4v) is 2.83. The molecule has 0 aromatic heterocycles. The number of hydrogen-bond donors (Lipinski definition) is 0. The molecular formula is C13H11ClSi. The van der Waals surface area contributed by atoms with Crippen molar-refractivity contribution in [3.8, 4) is 0 Å². The first kappa shape index (κ1) is 10.5. The Morgan fingerprint density at radius 2 is 1.53 bits per heavy atom. The Morgan fingerprint density at radius 1 is 0.867 bits per heavy atom. The third-order valence-electron chi connectivity index (χ3n) is 2.20. The molecule has 0 spiro atoms. The van der Waals surface area contributed by atoms with Gasteiger partial charge in [-0.15, -0.1) is 0 Å². The standard InChI is InChI=1S/C13H11ClSi/c14-12-8-4-5-9-13(12)15-10-11-6-2-1-3-7-11/h1-9H,10H2. The highest BCUT2D eigenvalue weighted by molar-refractivity contribution is 6.57. The van der Waals surface area contributed by atoms with Gasteiger partial charge >= 0.3 is 0 Å². The van der Waals surface area contributed by atoms with Gasteiger partial charge in [-0.3, -0.25) is 0 Å². The van der Waals surface area contributed by atoms with Gasteiger partial charge in [0.15, 0.2) is 0 Å². The van der Waals surface area contributed by atoms with Crippen LogP contribution in [0.5, 0.6) is 0 Å². The van der Waals surface area contributed by atoms with Crippen molar-refractivity contribution in [1.82, 2.24) is 0 Å². The van der Waals surface area contributed by atoms with Gasteiger partial charge in [0.05, 0.1) is 9.52 Å². The molecule has 0 atom stereocenters. The highest BCUT2D eigenvalue weighted by Crippen LogP contribution is 2.04. The van der Waals surface area contributed by atoms with Gasteiger partial charge in [-0.25, -0.2) is 0 Å². The first-order valence-electron chi connectivity index (χ1n) is 4.88. The van der Waals surface area contributed by atoms with Crippen molar-refractivity contribution in [2.45, 2.75) is 6.04 Å². The molecule has 0 aliphatic heterocycles. The second kappa shape index (κ2) is 5.15. The summed E-state index contributed by atoms with van der Waals surface area (Å²) in [5.41, 5.74) is 1.37. The van der Waals surface area contributed by atoms with Crippen molar-refractivity contribution in [3.63, 3.8) is 0 Å². The number of rotatable bonds is 3. The molecule has 2 aromatic rings. The van der Waals surface area contributed by atoms with Crippen LogP contribution in [0.1, 0.15) is 5.56 Å². The van der Waals surface area contributed by atoms with Crippen LogP contribution in [0.4, 0.5) is 0 Å². The highest BCUT2D eigenvalue weighted by Gasteiger charge is 2.00. The molecule has 0 nitrogen and oxygen atoms in total. The smallest absolute Gasteiger partial charge is 0.0845 e. The zero-order valence-corrected chi connectivity index (χ0v) is 10.0. The maximum atomic E-state index is 6.10. The predicted octanol–water partition coefficient (Wildman–Crippen LogP) is 2.87. The van der Waals surface area contributed by atoms with Crippen LogP contribution in [0, 0.1) is 0 Å². The molecule has 2 rings (SSSR count). The minimum absolute atomic E-state index is 0.749. The van der Waals surface area contributed by atoms with Crippen LogP contribution in [0.3, 0.4) is 0 Å². The van der Waals surface area contributed by atoms with Gasteiger partial charge < -0.3 is 0 Å². The van der Waals surface area contributed by atoms with Crippen LogP contribution in [0.25, 0.3) is 0 Å². The molecule has 15 heavy (non-hydrogen) atoms. The van der Waals surface area contributed by atoms with Crippen molar-refractivity contribution >= 4 is 26.3 Å². The number of benzene rings is 2. The molecule has 0 amide bonds. The minimum Gasteiger partial charge on any atom is -0.0845 e. The van der Waals surface area contributed by atoms with Crippen LogP contribution in [0.15, 0.2) is 54.6 Å². The van der Waals surface area contributed by atoms with E-state index in [-0.39, 0.29) is 0 Å². The van der Waals surface area contributed by atoms with Gasteiger partial charge in [0, 0.05) is 5.02 Å². The Labute approximate surface area is 97.7 Å². The van der Waals surface area contributed by atoms with Gasteiger partial charge in [-0.05, 0) is 17.3 Å². The maximum Gasteiger partial charge on any atom is 0.0876 e. The topological polar surface area (TPSA) is 0 Å². The van der Waals surface area contributed by atoms with Crippen molar-refractivity contribution in [2.75, 3.05) is 0 Å². The average Bonchev–Trinajstić information content (AvgIpc) is 2.29. The first-order chi connectivity index (χ1) is 7.36. The van der Waals surface area contributed by atoms with Crippen molar-refractivity contribution in [2.24, 2.45) is 0 Å². The zero-order chi connectivity index (χ0) is 10.5. The van der Waals surface area contributed by atoms with E-state index in [0.29, 0.717) is 0 Å². The summed E-state index contributed by atoms with van der Waals surface area (Å²) < 4.78 is 0. The van der Waals surface area contributed by atoms with Crippen LogP contribution in [-0.4, -0.2) is 9.52 Å². The Bertz CT molecular complexity index is 426. The van der Waals surface area contributed by atoms with Gasteiger partial charge in [0.2, 0.25) is 0 Å². The molecule has 0 aliphatic carbocycles. The van der Waals surface area contributed by atoms with E-state index in [2.05, 4.69) is 30.3 Å². The van der Waals surface area contributed by atoms with E-state index >= 15 is 0 Å². The summed E-state index contributed by atoms with van der Waals surface area (Å²) in [5, 5.41) is 2.13. The van der Waals surface area contributed by atoms with Crippen molar-refractivity contribution < 1.29 is 0 Å². The lowest BCUT2D eigenvalue weighted by Crippen LogP contribution is -2.17. The molecule has 2 radical (unpaired) electrons. The van der Waals surface area contributed by atoms with E-state index in [4.69, 9.17) is 11.6 Å². The Hall–Kier alpha value is -1.05. The van der Waals surface area contributed by atoms with E-state index in [1.165, 1.54) is 10.8 Å². The third-order valence-corrected chi connectivity index (χ3v) is 4.09. The summed E-state index contributed by atoms with van der Waals surface area (Å²) in [6.07, 6.45) is 0. The summed E-state index contributed by atoms with van der Waals surface area (Å²) in [6.45, 7) is 0. The summed E-state index contributed by atoms with van der Waals surface area (Å²) in [6, 6.07) is 19.6. The minimum atomic E-state index is 0.749. The molecule has 2 heteroatoms. The first-order valence-corrected chi connectivity index (χ1v) is 6.47. The maximum absolute atomic E-state index is 6.10. The molecule has 0 unspecified atom stereocenters. The van der Waals surface area contributed by atoms with E-state index in [0.717, 1.165) is 20.6 Å². The largest absolute Gasteiger partial charge is 0.0876 e. The molecule has 0 N–H and O–H groups in total. The summed E-state index contributed by atoms with van der Waals surface area (Å²) in [4.78, 5) is 0. The second-order valence-corrected chi connectivity index (χ2v) is 4.97. The van der Waals surface area contributed by atoms with Gasteiger partial charge in [0.25, 0.3) is 0 Å². The van der Waals surface area contributed by atoms with Crippen LogP contribution >= 0.6 is 11.6 Å². The third kappa shape index (κ3) is 2.95. The average molecular weight is 231 g/mol. The quantitative estimate of drug-likeness (QED) is 0.712. The van der Waals surface area contributed by atoms with Gasteiger partial charge in [0.1, 0.15) is 0 Å². The molecule has 0 bridgehead atoms. The normalized spacial score (nSPS) is 10.2. The molecule has 0 saturated heterocycles. The van der Waals surface area contributed by atoms with E-state index in [9.17, 15) is 0 Å². The Balaban J connectivity index is 2.03. The van der Waals surface area contributed by atoms with E-state index in [1.54, 1.807) is 0 Å². The van der Waals surface area contributed by atoms with Crippen LogP contribution < -0.4 is 5.19 Å². The molecule has 0 saturated carbocycles. The molecule has 74 valence electrons. The number of hydrogen-bond acceptors (Lipinski definition) is 0. The molecule has 2 aromatic carbocycles. The molecular weight excluding hydrogens is 220 g/mol. The summed E-state index contributed by atoms with van der Waals surface area (Å²) in [5.74, 6) is 0. The molecule has 0 heterocycles. The Kier molecular flexibility index (Phi) is 3.59. The predicted molar refractivity (Wildman–Crippen MR) is 67.0 cm³/mol. The van der Waals surface area contributed by atoms with Crippen molar-refractivity contribution in [1.29, 1.82) is 0 Å². The summed E-state index contributed by atoms with van der Waals surface area (Å²) >= 11 is 6.10. The fourth-order valence-electron chi connectivity index (χ4n) is 1.40. The van der Waals surface area contributed by atoms with Gasteiger partial charge in [-0.1, -0.05) is 65.7 Å². The lowest BCUT2D eigenvalue weighted by atomic mass is 10.2. The zero-order valence-electron chi connectivity index (χ0n) is 8.28. The van der Waals surface area contributed by atoms with E-state index < -0.39 is 0 Å². The molecule has 0 aliphatic rings. The number of halogens is 1. The molecule has 0 fully saturated rings. The second-order valence-electron chi connectivity index (χ2n) is 3.32. The van der Waals surface area contributed by atoms with Crippen LogP contribution in [-0.2, 0) is 6.04 Å². The van der Waals surface area contributed by atoms with E-state index in [1.807, 2.05) is 24.3 Å². The SMILES string of the molecule is Clc1ccccc1[Si]Cc1ccccc1. The lowest BCUT2D eigenvalue weighted by Gasteiger charge is -2.02. The highest BCUT2D eigenvalue weighted by atomic mass is 35.5. The Morgan fingerprint density at radius 3 is 2.27 bits per heavy atom. The van der Waals surface area contributed by atoms with Crippen molar-refractivity contribution in [3.05, 3.63) is 65.2 Å². The van der Waals surface area contributed by atoms with Crippen LogP contribution in [0.2, 0.25) is 5.02 Å². The fraction of sp³-hybridized carbons (Fsp3) is 0.0769. The van der Waals surface area contributed by atoms with Gasteiger partial charge in [-0.2, -0.15) is 0 Å². The monoisotopic (exact) mass is 230 g/mol. The summed E-state index contributed by atoms with van der Waals surface area (Å²) in [7, 11) is 0.749.